The van der Waals surface area contributed by atoms with E-state index in [4.69, 9.17) is 0 Å². The molecule has 0 spiro atoms. The van der Waals surface area contributed by atoms with Crippen molar-refractivity contribution < 1.29 is 0 Å². The van der Waals surface area contributed by atoms with Crippen LogP contribution in [0, 0.1) is 0 Å². The molecule has 0 amide bonds. The van der Waals surface area contributed by atoms with Gasteiger partial charge in [0.2, 0.25) is 0 Å². The average Bonchev–Trinajstić information content (AvgIpc) is 2.86. The van der Waals surface area contributed by atoms with Crippen LogP contribution in [0.4, 0.5) is 0 Å². The zero-order chi connectivity index (χ0) is 9.38. The van der Waals surface area contributed by atoms with Gasteiger partial charge in [0.15, 0.2) is 0 Å². The second-order valence-electron chi connectivity index (χ2n) is 3.11. The Morgan fingerprint density at radius 1 is 1.14 bits per heavy atom. The van der Waals surface area contributed by atoms with Crippen molar-refractivity contribution in [2.45, 2.75) is 0 Å². The van der Waals surface area contributed by atoms with Gasteiger partial charge in [-0.25, -0.2) is 0 Å². The molecule has 0 fully saturated rings. The molecule has 0 aliphatic carbocycles. The normalized spacial score (nSPS) is 10.9. The van der Waals surface area contributed by atoms with E-state index in [9.17, 15) is 0 Å². The Kier molecular flexibility index (Phi) is 1.79. The fraction of sp³-hybridized carbons (Fsp3) is 0. The molecule has 0 saturated heterocycles. The Morgan fingerprint density at radius 2 is 2.07 bits per heavy atom. The van der Waals surface area contributed by atoms with E-state index in [-0.39, 0.29) is 0 Å². The molecule has 0 unspecified atom stereocenters. The standard InChI is InChI=1S/C11H8N2Se/c1-2-4-10-9(3-1)12-11(13-10)8-5-6-14-7-8/h1-7H,(H,12,13). The number of aromatic nitrogens is 2. The fourth-order valence-corrected chi connectivity index (χ4v) is 2.83. The fourth-order valence-electron chi connectivity index (χ4n) is 1.49. The molecule has 1 aromatic carbocycles. The monoisotopic (exact) mass is 248 g/mol. The van der Waals surface area contributed by atoms with Crippen LogP contribution in [0.1, 0.15) is 0 Å². The van der Waals surface area contributed by atoms with Crippen molar-refractivity contribution in [2.24, 2.45) is 0 Å². The van der Waals surface area contributed by atoms with Gasteiger partial charge in [-0.15, -0.1) is 0 Å². The molecular weight excluding hydrogens is 239 g/mol. The van der Waals surface area contributed by atoms with Gasteiger partial charge in [-0.05, 0) is 0 Å². The predicted octanol–water partition coefficient (Wildman–Crippen LogP) is 2.29. The predicted molar refractivity (Wildman–Crippen MR) is 58.5 cm³/mol. The third-order valence-corrected chi connectivity index (χ3v) is 3.62. The summed E-state index contributed by atoms with van der Waals surface area (Å²) in [6.45, 7) is 0. The number of H-pyrrole nitrogens is 1. The first-order chi connectivity index (χ1) is 6.93. The second-order valence-corrected chi connectivity index (χ2v) is 4.75. The van der Waals surface area contributed by atoms with Crippen LogP contribution in [0.2, 0.25) is 0 Å². The van der Waals surface area contributed by atoms with E-state index < -0.39 is 0 Å². The number of rotatable bonds is 1. The van der Waals surface area contributed by atoms with Crippen LogP contribution in [0.5, 0.6) is 0 Å². The molecule has 2 nitrogen and oxygen atoms in total. The molecule has 14 heavy (non-hydrogen) atoms. The Morgan fingerprint density at radius 3 is 2.86 bits per heavy atom. The molecule has 3 aromatic rings. The van der Waals surface area contributed by atoms with Crippen LogP contribution >= 0.6 is 0 Å². The first kappa shape index (κ1) is 8.04. The van der Waals surface area contributed by atoms with Crippen molar-refractivity contribution in [3.8, 4) is 11.4 Å². The van der Waals surface area contributed by atoms with Crippen molar-refractivity contribution in [1.82, 2.24) is 9.97 Å². The van der Waals surface area contributed by atoms with E-state index in [2.05, 4.69) is 32.0 Å². The van der Waals surface area contributed by atoms with Crippen molar-refractivity contribution >= 4 is 25.5 Å². The Balaban J connectivity index is 2.24. The summed E-state index contributed by atoms with van der Waals surface area (Å²) in [6, 6.07) is 10.2. The molecule has 0 radical (unpaired) electrons. The number of imidazole rings is 1. The van der Waals surface area contributed by atoms with Gasteiger partial charge in [-0.2, -0.15) is 0 Å². The van der Waals surface area contributed by atoms with E-state index in [1.165, 1.54) is 5.56 Å². The number of hydrogen-bond donors (Lipinski definition) is 1. The third-order valence-electron chi connectivity index (χ3n) is 2.18. The van der Waals surface area contributed by atoms with Gasteiger partial charge in [-0.1, -0.05) is 0 Å². The summed E-state index contributed by atoms with van der Waals surface area (Å²) in [6.07, 6.45) is 0. The zero-order valence-electron chi connectivity index (χ0n) is 7.40. The summed E-state index contributed by atoms with van der Waals surface area (Å²) < 4.78 is 0. The summed E-state index contributed by atoms with van der Waals surface area (Å²) in [5, 5.41) is 0. The van der Waals surface area contributed by atoms with Crippen molar-refractivity contribution in [3.05, 3.63) is 40.2 Å². The summed E-state index contributed by atoms with van der Waals surface area (Å²) in [5.41, 5.74) is 3.37. The van der Waals surface area contributed by atoms with Crippen LogP contribution in [-0.2, 0) is 0 Å². The molecule has 0 bridgehead atoms. The van der Waals surface area contributed by atoms with Gasteiger partial charge in [0, 0.05) is 0 Å². The van der Waals surface area contributed by atoms with Crippen molar-refractivity contribution in [1.29, 1.82) is 0 Å². The molecule has 2 heterocycles. The van der Waals surface area contributed by atoms with Crippen molar-refractivity contribution in [3.63, 3.8) is 0 Å². The summed E-state index contributed by atoms with van der Waals surface area (Å²) >= 11 is 0.522. The maximum atomic E-state index is 4.53. The molecule has 1 N–H and O–H groups in total. The molecule has 3 heteroatoms. The van der Waals surface area contributed by atoms with Gasteiger partial charge >= 0.3 is 87.1 Å². The molecule has 0 saturated carbocycles. The minimum atomic E-state index is 0.522. The first-order valence-electron chi connectivity index (χ1n) is 4.41. The Bertz CT molecular complexity index is 518. The van der Waals surface area contributed by atoms with Gasteiger partial charge < -0.3 is 0 Å². The molecule has 68 valence electrons. The van der Waals surface area contributed by atoms with E-state index in [1.54, 1.807) is 0 Å². The minimum absolute atomic E-state index is 0.522. The Hall–Kier alpha value is -1.31. The topological polar surface area (TPSA) is 28.7 Å². The number of nitrogens with one attached hydrogen (secondary N) is 1. The molecule has 2 aromatic heterocycles. The molecule has 3 rings (SSSR count). The summed E-state index contributed by atoms with van der Waals surface area (Å²) in [7, 11) is 0. The second kappa shape index (κ2) is 3.12. The van der Waals surface area contributed by atoms with E-state index in [1.807, 2.05) is 18.2 Å². The van der Waals surface area contributed by atoms with Crippen LogP contribution in [0.15, 0.2) is 40.2 Å². The van der Waals surface area contributed by atoms with E-state index >= 15 is 0 Å². The number of aromatic amines is 1. The van der Waals surface area contributed by atoms with Gasteiger partial charge in [0.05, 0.1) is 0 Å². The molecule has 0 aliphatic rings. The van der Waals surface area contributed by atoms with Gasteiger partial charge in [0.1, 0.15) is 0 Å². The average molecular weight is 247 g/mol. The molecule has 0 atom stereocenters. The molecular formula is C11H8N2Se. The quantitative estimate of drug-likeness (QED) is 0.656. The van der Waals surface area contributed by atoms with E-state index in [0.717, 1.165) is 16.9 Å². The van der Waals surface area contributed by atoms with Crippen molar-refractivity contribution in [2.75, 3.05) is 0 Å². The summed E-state index contributed by atoms with van der Waals surface area (Å²) in [5.74, 6) is 0.988. The van der Waals surface area contributed by atoms with E-state index in [0.29, 0.717) is 14.5 Å². The summed E-state index contributed by atoms with van der Waals surface area (Å²) in [4.78, 5) is 12.3. The zero-order valence-corrected chi connectivity index (χ0v) is 9.11. The van der Waals surface area contributed by atoms with Crippen LogP contribution in [0.25, 0.3) is 22.4 Å². The maximum absolute atomic E-state index is 4.53. The number of nitrogens with zero attached hydrogens (tertiary/aromatic N) is 1. The number of hydrogen-bond acceptors (Lipinski definition) is 1. The first-order valence-corrected chi connectivity index (χ1v) is 6.38. The number of benzene rings is 1. The third kappa shape index (κ3) is 1.22. The number of para-hydroxylation sites is 2. The number of fused-ring (bicyclic) bond motifs is 1. The SMILES string of the molecule is c1ccc2[nH]c(-c3cc[se]c3)nc2c1. The van der Waals surface area contributed by atoms with Gasteiger partial charge in [0.25, 0.3) is 0 Å². The van der Waals surface area contributed by atoms with Crippen LogP contribution in [0.3, 0.4) is 0 Å². The van der Waals surface area contributed by atoms with Crippen LogP contribution < -0.4 is 0 Å². The molecule has 0 aliphatic heterocycles. The Labute approximate surface area is 87.4 Å². The van der Waals surface area contributed by atoms with Gasteiger partial charge in [-0.3, -0.25) is 0 Å². The van der Waals surface area contributed by atoms with Crippen LogP contribution in [-0.4, -0.2) is 24.5 Å².